The SMILES string of the molecule is Cc1cc(NC(=O)CCC(=O)N(c2ccc(F)cc2)[C@H](C(=O)NC(C)(C)C)c2ccccc2Cl)no1. The standard InChI is InChI=1S/C26H28ClFN4O4/c1-16-15-21(31-36-16)29-22(33)13-14-23(34)32(18-11-9-17(28)10-12-18)24(25(35)30-26(2,3)4)19-7-5-6-8-20(19)27/h5-12,15,24H,13-14H2,1-4H3,(H,30,35)(H,29,31,33)/t24-/m0/s1. The van der Waals surface area contributed by atoms with Gasteiger partial charge in [0.15, 0.2) is 5.82 Å². The lowest BCUT2D eigenvalue weighted by molar-refractivity contribution is -0.128. The number of halogens is 2. The summed E-state index contributed by atoms with van der Waals surface area (Å²) in [6.07, 6.45) is -0.414. The number of benzene rings is 2. The summed E-state index contributed by atoms with van der Waals surface area (Å²) in [7, 11) is 0. The Kier molecular flexibility index (Phi) is 8.47. The molecule has 3 amide bonds. The van der Waals surface area contributed by atoms with Gasteiger partial charge in [0.05, 0.1) is 0 Å². The summed E-state index contributed by atoms with van der Waals surface area (Å²) in [6.45, 7) is 7.13. The van der Waals surface area contributed by atoms with E-state index in [1.165, 1.54) is 29.2 Å². The normalized spacial score (nSPS) is 12.1. The lowest BCUT2D eigenvalue weighted by atomic mass is 10.00. The van der Waals surface area contributed by atoms with Gasteiger partial charge in [0.25, 0.3) is 0 Å². The highest BCUT2D eigenvalue weighted by atomic mass is 35.5. The highest BCUT2D eigenvalue weighted by molar-refractivity contribution is 6.31. The van der Waals surface area contributed by atoms with Crippen LogP contribution >= 0.6 is 11.6 Å². The highest BCUT2D eigenvalue weighted by Gasteiger charge is 2.35. The minimum absolute atomic E-state index is 0.182. The van der Waals surface area contributed by atoms with Crippen LogP contribution in [0.2, 0.25) is 5.02 Å². The van der Waals surface area contributed by atoms with Gasteiger partial charge in [0.2, 0.25) is 17.7 Å². The fourth-order valence-electron chi connectivity index (χ4n) is 3.54. The number of rotatable bonds is 8. The van der Waals surface area contributed by atoms with Gasteiger partial charge in [-0.25, -0.2) is 4.39 Å². The number of aromatic nitrogens is 1. The molecule has 1 aromatic heterocycles. The summed E-state index contributed by atoms with van der Waals surface area (Å²) in [6, 6.07) is 12.3. The summed E-state index contributed by atoms with van der Waals surface area (Å²) in [5, 5.41) is 9.45. The van der Waals surface area contributed by atoms with Crippen molar-refractivity contribution < 1.29 is 23.3 Å². The molecule has 36 heavy (non-hydrogen) atoms. The molecule has 0 aliphatic heterocycles. The Labute approximate surface area is 213 Å². The fourth-order valence-corrected chi connectivity index (χ4v) is 3.78. The number of carbonyl (C=O) groups excluding carboxylic acids is 3. The minimum atomic E-state index is -1.17. The van der Waals surface area contributed by atoms with Gasteiger partial charge >= 0.3 is 0 Å². The maximum absolute atomic E-state index is 13.7. The van der Waals surface area contributed by atoms with Crippen molar-refractivity contribution in [2.75, 3.05) is 10.2 Å². The first-order valence-electron chi connectivity index (χ1n) is 11.3. The molecule has 0 bridgehead atoms. The Morgan fingerprint density at radius 1 is 1.08 bits per heavy atom. The van der Waals surface area contributed by atoms with Gasteiger partial charge in [-0.1, -0.05) is 35.0 Å². The van der Waals surface area contributed by atoms with Crippen LogP contribution < -0.4 is 15.5 Å². The van der Waals surface area contributed by atoms with E-state index in [0.29, 0.717) is 11.3 Å². The zero-order chi connectivity index (χ0) is 26.5. The molecule has 2 aromatic carbocycles. The molecule has 0 aliphatic rings. The third-order valence-corrected chi connectivity index (χ3v) is 5.38. The smallest absolute Gasteiger partial charge is 0.248 e. The van der Waals surface area contributed by atoms with Crippen molar-refractivity contribution in [3.05, 3.63) is 76.8 Å². The molecule has 0 aliphatic carbocycles. The van der Waals surface area contributed by atoms with Crippen LogP contribution in [0.4, 0.5) is 15.9 Å². The summed E-state index contributed by atoms with van der Waals surface area (Å²) >= 11 is 6.46. The third-order valence-electron chi connectivity index (χ3n) is 5.04. The fraction of sp³-hybridized carbons (Fsp3) is 0.308. The van der Waals surface area contributed by atoms with Crippen LogP contribution in [0.5, 0.6) is 0 Å². The quantitative estimate of drug-likeness (QED) is 0.431. The second-order valence-electron chi connectivity index (χ2n) is 9.27. The van der Waals surface area contributed by atoms with Crippen LogP contribution in [0.1, 0.15) is 51.0 Å². The van der Waals surface area contributed by atoms with Crippen molar-refractivity contribution in [3.8, 4) is 0 Å². The van der Waals surface area contributed by atoms with Crippen LogP contribution in [0.3, 0.4) is 0 Å². The molecule has 0 saturated carbocycles. The molecule has 8 nitrogen and oxygen atoms in total. The first-order chi connectivity index (χ1) is 16.9. The second kappa shape index (κ2) is 11.3. The van der Waals surface area contributed by atoms with Gasteiger partial charge in [0, 0.05) is 40.7 Å². The molecule has 0 unspecified atom stereocenters. The van der Waals surface area contributed by atoms with Gasteiger partial charge in [0.1, 0.15) is 17.6 Å². The highest BCUT2D eigenvalue weighted by Crippen LogP contribution is 2.33. The molecule has 0 saturated heterocycles. The second-order valence-corrected chi connectivity index (χ2v) is 9.68. The number of anilines is 2. The van der Waals surface area contributed by atoms with Crippen LogP contribution in [-0.2, 0) is 14.4 Å². The summed E-state index contributed by atoms with van der Waals surface area (Å²) in [4.78, 5) is 40.8. The molecule has 1 heterocycles. The molecule has 10 heteroatoms. The molecule has 190 valence electrons. The summed E-state index contributed by atoms with van der Waals surface area (Å²) in [5.74, 6) is -1.20. The van der Waals surface area contributed by atoms with E-state index in [2.05, 4.69) is 15.8 Å². The average Bonchev–Trinajstić information content (AvgIpc) is 3.20. The van der Waals surface area contributed by atoms with Gasteiger partial charge < -0.3 is 15.2 Å². The van der Waals surface area contributed by atoms with E-state index in [9.17, 15) is 18.8 Å². The Morgan fingerprint density at radius 2 is 1.75 bits per heavy atom. The zero-order valence-electron chi connectivity index (χ0n) is 20.5. The van der Waals surface area contributed by atoms with Crippen molar-refractivity contribution in [1.29, 1.82) is 0 Å². The number of aryl methyl sites for hydroxylation is 1. The molecule has 0 fully saturated rings. The molecule has 0 radical (unpaired) electrons. The number of nitrogens with one attached hydrogen (secondary N) is 2. The lowest BCUT2D eigenvalue weighted by Crippen LogP contribution is -2.49. The van der Waals surface area contributed by atoms with Crippen molar-refractivity contribution in [2.24, 2.45) is 0 Å². The largest absolute Gasteiger partial charge is 0.360 e. The lowest BCUT2D eigenvalue weighted by Gasteiger charge is -2.34. The van der Waals surface area contributed by atoms with Crippen LogP contribution in [0.25, 0.3) is 0 Å². The predicted octanol–water partition coefficient (Wildman–Crippen LogP) is 5.18. The van der Waals surface area contributed by atoms with E-state index in [1.807, 2.05) is 20.8 Å². The van der Waals surface area contributed by atoms with E-state index in [1.54, 1.807) is 37.3 Å². The Hall–Kier alpha value is -3.72. The van der Waals surface area contributed by atoms with E-state index < -0.39 is 35.1 Å². The van der Waals surface area contributed by atoms with Gasteiger partial charge in [-0.15, -0.1) is 0 Å². The average molecular weight is 515 g/mol. The predicted molar refractivity (Wildman–Crippen MR) is 135 cm³/mol. The first kappa shape index (κ1) is 26.9. The third kappa shape index (κ3) is 7.14. The number of nitrogens with zero attached hydrogens (tertiary/aromatic N) is 2. The van der Waals surface area contributed by atoms with E-state index in [0.717, 1.165) is 0 Å². The maximum Gasteiger partial charge on any atom is 0.248 e. The molecular weight excluding hydrogens is 487 g/mol. The minimum Gasteiger partial charge on any atom is -0.360 e. The number of carbonyl (C=O) groups is 3. The molecule has 2 N–H and O–H groups in total. The molecule has 3 aromatic rings. The number of amides is 3. The van der Waals surface area contributed by atoms with Gasteiger partial charge in [-0.3, -0.25) is 19.3 Å². The molecule has 1 atom stereocenters. The first-order valence-corrected chi connectivity index (χ1v) is 11.7. The summed E-state index contributed by atoms with van der Waals surface area (Å²) < 4.78 is 18.6. The van der Waals surface area contributed by atoms with Crippen LogP contribution in [-0.4, -0.2) is 28.4 Å². The van der Waals surface area contributed by atoms with Crippen molar-refractivity contribution >= 4 is 40.8 Å². The van der Waals surface area contributed by atoms with E-state index >= 15 is 0 Å². The Bertz CT molecular complexity index is 1240. The van der Waals surface area contributed by atoms with E-state index in [-0.39, 0.29) is 29.4 Å². The topological polar surface area (TPSA) is 105 Å². The Balaban J connectivity index is 1.96. The van der Waals surface area contributed by atoms with Gasteiger partial charge in [-0.2, -0.15) is 0 Å². The monoisotopic (exact) mass is 514 g/mol. The number of hydrogen-bond donors (Lipinski definition) is 2. The summed E-state index contributed by atoms with van der Waals surface area (Å²) in [5.41, 5.74) is 0.0630. The number of hydrogen-bond acceptors (Lipinski definition) is 5. The van der Waals surface area contributed by atoms with Crippen molar-refractivity contribution in [2.45, 2.75) is 52.1 Å². The Morgan fingerprint density at radius 3 is 2.33 bits per heavy atom. The van der Waals surface area contributed by atoms with Gasteiger partial charge in [-0.05, 0) is 58.0 Å². The molecule has 0 spiro atoms. The molecule has 3 rings (SSSR count). The maximum atomic E-state index is 13.7. The molecular formula is C26H28ClFN4O4. The van der Waals surface area contributed by atoms with Crippen molar-refractivity contribution in [3.63, 3.8) is 0 Å². The van der Waals surface area contributed by atoms with Crippen LogP contribution in [0, 0.1) is 12.7 Å². The zero-order valence-corrected chi connectivity index (χ0v) is 21.2. The van der Waals surface area contributed by atoms with Crippen LogP contribution in [0.15, 0.2) is 59.1 Å². The van der Waals surface area contributed by atoms with E-state index in [4.69, 9.17) is 16.1 Å². The van der Waals surface area contributed by atoms with Crippen molar-refractivity contribution in [1.82, 2.24) is 10.5 Å².